The Morgan fingerprint density at radius 2 is 2.00 bits per heavy atom. The van der Waals surface area contributed by atoms with Crippen molar-refractivity contribution in [1.82, 2.24) is 0 Å². The van der Waals surface area contributed by atoms with Gasteiger partial charge < -0.3 is 11.1 Å². The third-order valence-electron chi connectivity index (χ3n) is 2.61. The molecule has 0 aliphatic rings. The SMILES string of the molecule is Nc1ccc(F)c(NC(=O)CS(=O)c2ccccc2Cl)c1. The smallest absolute Gasteiger partial charge is 0.237 e. The van der Waals surface area contributed by atoms with E-state index >= 15 is 0 Å². The van der Waals surface area contributed by atoms with Crippen LogP contribution in [0.15, 0.2) is 47.4 Å². The zero-order chi connectivity index (χ0) is 15.4. The summed E-state index contributed by atoms with van der Waals surface area (Å²) in [6, 6.07) is 10.4. The monoisotopic (exact) mass is 326 g/mol. The van der Waals surface area contributed by atoms with Crippen molar-refractivity contribution in [1.29, 1.82) is 0 Å². The van der Waals surface area contributed by atoms with Crippen molar-refractivity contribution in [3.8, 4) is 0 Å². The van der Waals surface area contributed by atoms with Crippen LogP contribution in [0.3, 0.4) is 0 Å². The van der Waals surface area contributed by atoms with Gasteiger partial charge in [0.15, 0.2) is 0 Å². The number of rotatable bonds is 4. The molecule has 21 heavy (non-hydrogen) atoms. The number of benzene rings is 2. The van der Waals surface area contributed by atoms with Crippen LogP contribution >= 0.6 is 11.6 Å². The Balaban J connectivity index is 2.07. The molecule has 0 spiro atoms. The molecule has 0 saturated carbocycles. The molecule has 1 atom stereocenters. The molecule has 0 radical (unpaired) electrons. The van der Waals surface area contributed by atoms with E-state index in [4.69, 9.17) is 17.3 Å². The molecule has 1 unspecified atom stereocenters. The first-order valence-corrected chi connectivity index (χ1v) is 7.65. The van der Waals surface area contributed by atoms with Crippen molar-refractivity contribution >= 4 is 39.7 Å². The van der Waals surface area contributed by atoms with Crippen molar-refractivity contribution < 1.29 is 13.4 Å². The Bertz CT molecular complexity index is 709. The van der Waals surface area contributed by atoms with Crippen LogP contribution < -0.4 is 11.1 Å². The van der Waals surface area contributed by atoms with Crippen LogP contribution in [0.25, 0.3) is 0 Å². The molecular formula is C14H12ClFN2O2S. The van der Waals surface area contributed by atoms with Crippen molar-refractivity contribution in [3.63, 3.8) is 0 Å². The molecule has 0 fully saturated rings. The van der Waals surface area contributed by atoms with E-state index in [1.165, 1.54) is 12.1 Å². The maximum Gasteiger partial charge on any atom is 0.237 e. The number of amides is 1. The highest BCUT2D eigenvalue weighted by Crippen LogP contribution is 2.20. The predicted octanol–water partition coefficient (Wildman–Crippen LogP) is 2.81. The Morgan fingerprint density at radius 1 is 1.29 bits per heavy atom. The second-order valence-electron chi connectivity index (χ2n) is 4.21. The van der Waals surface area contributed by atoms with E-state index in [-0.39, 0.29) is 11.4 Å². The molecule has 0 aliphatic heterocycles. The van der Waals surface area contributed by atoms with Gasteiger partial charge in [0.2, 0.25) is 5.91 Å². The van der Waals surface area contributed by atoms with Crippen LogP contribution in [0.1, 0.15) is 0 Å². The lowest BCUT2D eigenvalue weighted by molar-refractivity contribution is -0.113. The Kier molecular flexibility index (Phi) is 4.93. The number of halogens is 2. The lowest BCUT2D eigenvalue weighted by atomic mass is 10.2. The van der Waals surface area contributed by atoms with Crippen LogP contribution in [0, 0.1) is 5.82 Å². The van der Waals surface area contributed by atoms with Gasteiger partial charge in [-0.25, -0.2) is 4.39 Å². The van der Waals surface area contributed by atoms with Crippen LogP contribution in [0.4, 0.5) is 15.8 Å². The predicted molar refractivity (Wildman–Crippen MR) is 82.2 cm³/mol. The standard InChI is InChI=1S/C14H12ClFN2O2S/c15-10-3-1-2-4-13(10)21(20)8-14(19)18-12-7-9(17)5-6-11(12)16/h1-7H,8,17H2,(H,18,19). The number of nitrogen functional groups attached to an aromatic ring is 1. The summed E-state index contributed by atoms with van der Waals surface area (Å²) in [5.74, 6) is -1.52. The fraction of sp³-hybridized carbons (Fsp3) is 0.0714. The molecule has 4 nitrogen and oxygen atoms in total. The second-order valence-corrected chi connectivity index (χ2v) is 6.03. The summed E-state index contributed by atoms with van der Waals surface area (Å²) in [6.07, 6.45) is 0. The van der Waals surface area contributed by atoms with Crippen molar-refractivity contribution in [2.45, 2.75) is 4.90 Å². The molecule has 2 aromatic rings. The van der Waals surface area contributed by atoms with E-state index in [0.29, 0.717) is 15.6 Å². The number of carbonyl (C=O) groups is 1. The van der Waals surface area contributed by atoms with Crippen LogP contribution in [-0.4, -0.2) is 15.9 Å². The van der Waals surface area contributed by atoms with Crippen LogP contribution in [-0.2, 0) is 15.6 Å². The molecule has 2 aromatic carbocycles. The second kappa shape index (κ2) is 6.69. The largest absolute Gasteiger partial charge is 0.399 e. The maximum atomic E-state index is 13.5. The fourth-order valence-corrected chi connectivity index (χ4v) is 3.03. The highest BCUT2D eigenvalue weighted by atomic mass is 35.5. The average molecular weight is 327 g/mol. The summed E-state index contributed by atoms with van der Waals surface area (Å²) in [7, 11) is -1.61. The van der Waals surface area contributed by atoms with Crippen molar-refractivity contribution in [2.75, 3.05) is 16.8 Å². The summed E-state index contributed by atoms with van der Waals surface area (Å²) in [6.45, 7) is 0. The molecule has 2 rings (SSSR count). The lowest BCUT2D eigenvalue weighted by Gasteiger charge is -2.08. The highest BCUT2D eigenvalue weighted by molar-refractivity contribution is 7.86. The number of hydrogen-bond donors (Lipinski definition) is 2. The van der Waals surface area contributed by atoms with Gasteiger partial charge in [0.25, 0.3) is 0 Å². The normalized spacial score (nSPS) is 11.9. The fourth-order valence-electron chi connectivity index (χ4n) is 1.65. The third kappa shape index (κ3) is 4.03. The Hall–Kier alpha value is -1.92. The molecule has 1 amide bonds. The van der Waals surface area contributed by atoms with Gasteiger partial charge in [0.05, 0.1) is 26.4 Å². The molecular weight excluding hydrogens is 315 g/mol. The molecule has 110 valence electrons. The van der Waals surface area contributed by atoms with E-state index in [2.05, 4.69) is 5.32 Å². The minimum Gasteiger partial charge on any atom is -0.399 e. The lowest BCUT2D eigenvalue weighted by Crippen LogP contribution is -2.20. The first kappa shape index (κ1) is 15.5. The van der Waals surface area contributed by atoms with Crippen LogP contribution in [0.2, 0.25) is 5.02 Å². The van der Waals surface area contributed by atoms with Gasteiger partial charge in [-0.05, 0) is 30.3 Å². The quantitative estimate of drug-likeness (QED) is 0.849. The van der Waals surface area contributed by atoms with Gasteiger partial charge in [0, 0.05) is 5.69 Å². The minimum atomic E-state index is -1.61. The van der Waals surface area contributed by atoms with Gasteiger partial charge >= 0.3 is 0 Å². The number of nitrogens with one attached hydrogen (secondary N) is 1. The van der Waals surface area contributed by atoms with E-state index in [9.17, 15) is 13.4 Å². The zero-order valence-corrected chi connectivity index (χ0v) is 12.4. The van der Waals surface area contributed by atoms with E-state index in [0.717, 1.165) is 6.07 Å². The van der Waals surface area contributed by atoms with Gasteiger partial charge in [0.1, 0.15) is 11.6 Å². The molecule has 7 heteroatoms. The van der Waals surface area contributed by atoms with Gasteiger partial charge in [-0.2, -0.15) is 0 Å². The van der Waals surface area contributed by atoms with Gasteiger partial charge in [-0.1, -0.05) is 23.7 Å². The van der Waals surface area contributed by atoms with Gasteiger partial charge in [-0.15, -0.1) is 0 Å². The summed E-state index contributed by atoms with van der Waals surface area (Å²) in [5.41, 5.74) is 5.79. The minimum absolute atomic E-state index is 0.0452. The van der Waals surface area contributed by atoms with Crippen molar-refractivity contribution in [3.05, 3.63) is 53.3 Å². The Labute approximate surface area is 128 Å². The summed E-state index contributed by atoms with van der Waals surface area (Å²) < 4.78 is 25.6. The summed E-state index contributed by atoms with van der Waals surface area (Å²) >= 11 is 5.91. The molecule has 0 aliphatic carbocycles. The number of nitrogens with two attached hydrogens (primary N) is 1. The van der Waals surface area contributed by atoms with E-state index < -0.39 is 22.5 Å². The highest BCUT2D eigenvalue weighted by Gasteiger charge is 2.14. The first-order chi connectivity index (χ1) is 9.97. The zero-order valence-electron chi connectivity index (χ0n) is 10.8. The maximum absolute atomic E-state index is 13.5. The van der Waals surface area contributed by atoms with E-state index in [1.807, 2.05) is 0 Å². The molecule has 3 N–H and O–H groups in total. The van der Waals surface area contributed by atoms with Crippen molar-refractivity contribution in [2.24, 2.45) is 0 Å². The topological polar surface area (TPSA) is 72.2 Å². The molecule has 0 bridgehead atoms. The average Bonchev–Trinajstić information content (AvgIpc) is 2.43. The molecule has 0 heterocycles. The Morgan fingerprint density at radius 3 is 2.71 bits per heavy atom. The van der Waals surface area contributed by atoms with Gasteiger partial charge in [-0.3, -0.25) is 9.00 Å². The summed E-state index contributed by atoms with van der Waals surface area (Å²) in [5, 5.41) is 2.66. The molecule has 0 aromatic heterocycles. The summed E-state index contributed by atoms with van der Waals surface area (Å²) in [4.78, 5) is 12.2. The third-order valence-corrected chi connectivity index (χ3v) is 4.42. The molecule has 0 saturated heterocycles. The number of anilines is 2. The van der Waals surface area contributed by atoms with Crippen LogP contribution in [0.5, 0.6) is 0 Å². The number of hydrogen-bond acceptors (Lipinski definition) is 3. The van der Waals surface area contributed by atoms with E-state index in [1.54, 1.807) is 24.3 Å². The first-order valence-electron chi connectivity index (χ1n) is 5.95. The number of carbonyl (C=O) groups excluding carboxylic acids is 1.